The van der Waals surface area contributed by atoms with Crippen LogP contribution in [0.25, 0.3) is 10.4 Å². The summed E-state index contributed by atoms with van der Waals surface area (Å²) in [5.74, 6) is 3.63. The standard InChI is InChI=1S/C31H48O2S/c1-7-11-13-25(10-4)15-17-27-21-26(16-14-24(9-3)12-8-2)22(5)20-28(27)31-30-29(23(6)34-31)32-18-19-33-30/h20-21,24-25H,7-19H2,1-6H3. The third kappa shape index (κ3) is 6.80. The maximum Gasteiger partial charge on any atom is 0.180 e. The highest BCUT2D eigenvalue weighted by Gasteiger charge is 2.25. The number of unbranched alkanes of at least 4 members (excludes halogenated alkanes) is 1. The van der Waals surface area contributed by atoms with Crippen LogP contribution in [0.15, 0.2) is 12.1 Å². The highest BCUT2D eigenvalue weighted by Crippen LogP contribution is 2.50. The molecular formula is C31H48O2S. The molecule has 2 atom stereocenters. The van der Waals surface area contributed by atoms with Crippen LogP contribution >= 0.6 is 11.3 Å². The molecule has 0 fully saturated rings. The maximum absolute atomic E-state index is 6.16. The van der Waals surface area contributed by atoms with Gasteiger partial charge in [0.1, 0.15) is 13.2 Å². The number of hydrogen-bond acceptors (Lipinski definition) is 3. The van der Waals surface area contributed by atoms with E-state index in [1.165, 1.54) is 90.7 Å². The zero-order chi connectivity index (χ0) is 24.5. The van der Waals surface area contributed by atoms with Crippen molar-refractivity contribution >= 4 is 11.3 Å². The zero-order valence-electron chi connectivity index (χ0n) is 22.7. The molecule has 3 rings (SSSR count). The Hall–Kier alpha value is -1.48. The smallest absolute Gasteiger partial charge is 0.180 e. The van der Waals surface area contributed by atoms with Crippen molar-refractivity contribution in [1.29, 1.82) is 0 Å². The highest BCUT2D eigenvalue weighted by molar-refractivity contribution is 7.16. The second-order valence-corrected chi connectivity index (χ2v) is 11.6. The molecule has 0 radical (unpaired) electrons. The van der Waals surface area contributed by atoms with Crippen molar-refractivity contribution < 1.29 is 9.47 Å². The predicted octanol–water partition coefficient (Wildman–Crippen LogP) is 9.71. The zero-order valence-corrected chi connectivity index (χ0v) is 23.5. The summed E-state index contributed by atoms with van der Waals surface area (Å²) in [6.45, 7) is 15.1. The largest absolute Gasteiger partial charge is 0.485 e. The van der Waals surface area contributed by atoms with Crippen LogP contribution in [-0.4, -0.2) is 13.2 Å². The third-order valence-corrected chi connectivity index (χ3v) is 8.93. The molecule has 0 spiro atoms. The van der Waals surface area contributed by atoms with Gasteiger partial charge in [0.2, 0.25) is 0 Å². The van der Waals surface area contributed by atoms with Gasteiger partial charge >= 0.3 is 0 Å². The molecule has 2 heterocycles. The van der Waals surface area contributed by atoms with E-state index in [0.29, 0.717) is 13.2 Å². The lowest BCUT2D eigenvalue weighted by Crippen LogP contribution is -2.15. The van der Waals surface area contributed by atoms with Gasteiger partial charge in [-0.2, -0.15) is 0 Å². The van der Waals surface area contributed by atoms with E-state index in [-0.39, 0.29) is 0 Å². The van der Waals surface area contributed by atoms with Crippen molar-refractivity contribution in [2.75, 3.05) is 13.2 Å². The van der Waals surface area contributed by atoms with Crippen LogP contribution in [0.5, 0.6) is 11.5 Å². The van der Waals surface area contributed by atoms with Gasteiger partial charge in [-0.15, -0.1) is 11.3 Å². The number of rotatable bonds is 14. The average Bonchev–Trinajstić information content (AvgIpc) is 3.19. The predicted molar refractivity (Wildman–Crippen MR) is 149 cm³/mol. The molecule has 1 aliphatic rings. The Balaban J connectivity index is 1.93. The molecular weight excluding hydrogens is 436 g/mol. The van der Waals surface area contributed by atoms with E-state index in [2.05, 4.69) is 53.7 Å². The summed E-state index contributed by atoms with van der Waals surface area (Å²) in [5.41, 5.74) is 5.87. The number of ether oxygens (including phenoxy) is 2. The fraction of sp³-hybridized carbons (Fsp3) is 0.677. The van der Waals surface area contributed by atoms with Crippen LogP contribution < -0.4 is 9.47 Å². The highest BCUT2D eigenvalue weighted by atomic mass is 32.1. The minimum Gasteiger partial charge on any atom is -0.485 e. The molecule has 34 heavy (non-hydrogen) atoms. The molecule has 0 saturated carbocycles. The van der Waals surface area contributed by atoms with Gasteiger partial charge in [-0.3, -0.25) is 0 Å². The summed E-state index contributed by atoms with van der Waals surface area (Å²) in [6, 6.07) is 5.02. The van der Waals surface area contributed by atoms with Gasteiger partial charge in [0.05, 0.1) is 4.88 Å². The molecule has 190 valence electrons. The lowest BCUT2D eigenvalue weighted by atomic mass is 9.87. The Morgan fingerprint density at radius 1 is 0.765 bits per heavy atom. The minimum absolute atomic E-state index is 0.646. The molecule has 3 heteroatoms. The molecule has 0 bridgehead atoms. The molecule has 1 aliphatic heterocycles. The van der Waals surface area contributed by atoms with Gasteiger partial charge in [-0.25, -0.2) is 0 Å². The molecule has 1 aromatic carbocycles. The Morgan fingerprint density at radius 3 is 2.06 bits per heavy atom. The lowest BCUT2D eigenvalue weighted by Gasteiger charge is -2.21. The maximum atomic E-state index is 6.16. The second kappa shape index (κ2) is 13.6. The Labute approximate surface area is 213 Å². The molecule has 0 aliphatic carbocycles. The van der Waals surface area contributed by atoms with Crippen molar-refractivity contribution in [2.24, 2.45) is 11.8 Å². The van der Waals surface area contributed by atoms with Gasteiger partial charge in [0, 0.05) is 4.88 Å². The average molecular weight is 485 g/mol. The van der Waals surface area contributed by atoms with E-state index in [9.17, 15) is 0 Å². The summed E-state index contributed by atoms with van der Waals surface area (Å²) in [7, 11) is 0. The van der Waals surface area contributed by atoms with Crippen molar-refractivity contribution in [3.63, 3.8) is 0 Å². The van der Waals surface area contributed by atoms with Crippen molar-refractivity contribution in [3.05, 3.63) is 33.7 Å². The van der Waals surface area contributed by atoms with E-state index < -0.39 is 0 Å². The van der Waals surface area contributed by atoms with Gasteiger partial charge in [0.25, 0.3) is 0 Å². The third-order valence-electron chi connectivity index (χ3n) is 7.83. The van der Waals surface area contributed by atoms with Crippen molar-refractivity contribution in [2.45, 2.75) is 112 Å². The van der Waals surface area contributed by atoms with E-state index in [0.717, 1.165) is 29.8 Å². The quantitative estimate of drug-likeness (QED) is 0.266. The van der Waals surface area contributed by atoms with E-state index in [4.69, 9.17) is 9.47 Å². The molecule has 0 amide bonds. The summed E-state index contributed by atoms with van der Waals surface area (Å²) < 4.78 is 12.2. The van der Waals surface area contributed by atoms with E-state index >= 15 is 0 Å². The van der Waals surface area contributed by atoms with Crippen LogP contribution in [0.4, 0.5) is 0 Å². The Bertz CT molecular complexity index is 897. The van der Waals surface area contributed by atoms with Crippen LogP contribution in [-0.2, 0) is 12.8 Å². The fourth-order valence-electron chi connectivity index (χ4n) is 5.49. The van der Waals surface area contributed by atoms with Crippen molar-refractivity contribution in [1.82, 2.24) is 0 Å². The van der Waals surface area contributed by atoms with Crippen LogP contribution in [0.3, 0.4) is 0 Å². The van der Waals surface area contributed by atoms with Gasteiger partial charge in [0.15, 0.2) is 11.5 Å². The summed E-state index contributed by atoms with van der Waals surface area (Å²) in [6.07, 6.45) is 14.2. The lowest BCUT2D eigenvalue weighted by molar-refractivity contribution is 0.173. The van der Waals surface area contributed by atoms with Gasteiger partial charge < -0.3 is 9.47 Å². The first-order valence-electron chi connectivity index (χ1n) is 14.0. The number of aryl methyl sites for hydroxylation is 4. The Morgan fingerprint density at radius 2 is 1.41 bits per heavy atom. The van der Waals surface area contributed by atoms with E-state index in [1.54, 1.807) is 5.56 Å². The molecule has 2 unspecified atom stereocenters. The first-order valence-corrected chi connectivity index (χ1v) is 14.9. The van der Waals surface area contributed by atoms with Crippen LogP contribution in [0.2, 0.25) is 0 Å². The summed E-state index contributed by atoms with van der Waals surface area (Å²) in [5, 5.41) is 0. The second-order valence-electron chi connectivity index (χ2n) is 10.3. The topological polar surface area (TPSA) is 18.5 Å². The molecule has 2 aromatic rings. The van der Waals surface area contributed by atoms with Crippen LogP contribution in [0.1, 0.15) is 107 Å². The summed E-state index contributed by atoms with van der Waals surface area (Å²) in [4.78, 5) is 2.51. The van der Waals surface area contributed by atoms with Gasteiger partial charge in [-0.05, 0) is 79.7 Å². The number of thiophene rings is 1. The number of benzene rings is 1. The molecule has 0 N–H and O–H groups in total. The fourth-order valence-corrected chi connectivity index (χ4v) is 6.58. The first-order chi connectivity index (χ1) is 16.5. The monoisotopic (exact) mass is 484 g/mol. The minimum atomic E-state index is 0.646. The van der Waals surface area contributed by atoms with Gasteiger partial charge in [-0.1, -0.05) is 78.7 Å². The van der Waals surface area contributed by atoms with Crippen LogP contribution in [0, 0.1) is 25.7 Å². The molecule has 1 aromatic heterocycles. The van der Waals surface area contributed by atoms with E-state index in [1.807, 2.05) is 11.3 Å². The SMILES string of the molecule is CCCCC(CC)CCc1cc(CCC(CC)CCC)c(C)cc1-c1sc(C)c2c1OCCO2. The molecule has 2 nitrogen and oxygen atoms in total. The normalized spacial score (nSPS) is 14.9. The Kier molecular flexibility index (Phi) is 10.8. The molecule has 0 saturated heterocycles. The summed E-state index contributed by atoms with van der Waals surface area (Å²) >= 11 is 1.84. The number of hydrogen-bond donors (Lipinski definition) is 0. The van der Waals surface area contributed by atoms with Crippen molar-refractivity contribution in [3.8, 4) is 21.9 Å². The number of fused-ring (bicyclic) bond motifs is 1. The first kappa shape index (κ1) is 27.1.